The first-order valence-corrected chi connectivity index (χ1v) is 21.1. The Labute approximate surface area is 260 Å². The van der Waals surface area contributed by atoms with Gasteiger partial charge in [-0.3, -0.25) is 19.8 Å². The molecule has 0 saturated carbocycles. The largest absolute Gasteiger partial charge is 0.501 e. The molecule has 0 aromatic rings. The molecular weight excluding hydrogens is 565 g/mol. The molecule has 2 heterocycles. The van der Waals surface area contributed by atoms with Crippen molar-refractivity contribution in [3.63, 3.8) is 0 Å². The van der Waals surface area contributed by atoms with Crippen molar-refractivity contribution >= 4 is 28.8 Å². The Morgan fingerprint density at radius 3 is 1.57 bits per heavy atom. The highest BCUT2D eigenvalue weighted by Gasteiger charge is 2.41. The second kappa shape index (κ2) is 20.5. The van der Waals surface area contributed by atoms with E-state index >= 15 is 0 Å². The van der Waals surface area contributed by atoms with Crippen LogP contribution in [0.5, 0.6) is 0 Å². The first kappa shape index (κ1) is 37.7. The van der Waals surface area contributed by atoms with Gasteiger partial charge in [-0.05, 0) is 70.9 Å². The molecule has 2 rings (SSSR count). The molecule has 11 heteroatoms. The molecule has 0 spiro atoms. The van der Waals surface area contributed by atoms with Crippen LogP contribution in [0.2, 0.25) is 18.6 Å². The van der Waals surface area contributed by atoms with E-state index in [4.69, 9.17) is 32.1 Å². The summed E-state index contributed by atoms with van der Waals surface area (Å²) in [5.74, 6) is 1.31. The molecule has 0 amide bonds. The smallest absolute Gasteiger partial charge is 0.393 e. The van der Waals surface area contributed by atoms with Crippen LogP contribution in [0.1, 0.15) is 74.1 Å². The molecule has 0 aromatic heterocycles. The van der Waals surface area contributed by atoms with Crippen molar-refractivity contribution in [1.29, 1.82) is 0 Å². The van der Waals surface area contributed by atoms with Crippen LogP contribution in [0.3, 0.4) is 0 Å². The predicted octanol–water partition coefficient (Wildman–Crippen LogP) is 5.53. The van der Waals surface area contributed by atoms with Gasteiger partial charge < -0.3 is 22.1 Å². The van der Waals surface area contributed by atoms with Crippen LogP contribution < -0.4 is 0 Å². The molecule has 9 nitrogen and oxygen atoms in total. The molecule has 0 N–H and O–H groups in total. The fraction of sp³-hybridized carbons (Fsp3) is 0.935. The lowest BCUT2D eigenvalue weighted by molar-refractivity contribution is 0.0227. The van der Waals surface area contributed by atoms with Crippen LogP contribution in [0, 0.1) is 11.8 Å². The Morgan fingerprint density at radius 2 is 1.14 bits per heavy atom. The average Bonchev–Trinajstić information content (AvgIpc) is 2.88. The van der Waals surface area contributed by atoms with Crippen LogP contribution in [0.25, 0.3) is 0 Å². The summed E-state index contributed by atoms with van der Waals surface area (Å²) >= 11 is 0. The summed E-state index contributed by atoms with van der Waals surface area (Å²) in [7, 11) is -4.77. The molecule has 42 heavy (non-hydrogen) atoms. The Balaban J connectivity index is 1.70. The first-order valence-electron chi connectivity index (χ1n) is 16.7. The third-order valence-electron chi connectivity index (χ3n) is 7.79. The monoisotopic (exact) mass is 628 g/mol. The third kappa shape index (κ3) is 16.0. The van der Waals surface area contributed by atoms with Gasteiger partial charge in [0.25, 0.3) is 0 Å². The lowest BCUT2D eigenvalue weighted by atomic mass is 10.1. The summed E-state index contributed by atoms with van der Waals surface area (Å²) in [6.45, 7) is 28.3. The van der Waals surface area contributed by atoms with E-state index < -0.39 is 17.4 Å². The Kier molecular flexibility index (Phi) is 18.4. The van der Waals surface area contributed by atoms with Gasteiger partial charge in [0.15, 0.2) is 0 Å². The summed E-state index contributed by atoms with van der Waals surface area (Å²) in [5, 5.41) is 0. The van der Waals surface area contributed by atoms with Gasteiger partial charge in [0.05, 0.1) is 13.2 Å². The van der Waals surface area contributed by atoms with E-state index in [0.717, 1.165) is 103 Å². The minimum absolute atomic E-state index is 0.624. The molecule has 0 atom stereocenters. The number of aliphatic imine (C=N–C) groups is 2. The second-order valence-corrected chi connectivity index (χ2v) is 19.0. The Morgan fingerprint density at radius 1 is 0.714 bits per heavy atom. The zero-order valence-electron chi connectivity index (χ0n) is 28.4. The van der Waals surface area contributed by atoms with E-state index in [1.165, 1.54) is 11.4 Å². The molecule has 246 valence electrons. The Hall–Kier alpha value is -0.506. The normalized spacial score (nSPS) is 21.8. The van der Waals surface area contributed by atoms with Gasteiger partial charge in [-0.2, -0.15) is 0 Å². The highest BCUT2D eigenvalue weighted by Crippen LogP contribution is 2.21. The third-order valence-corrected chi connectivity index (χ3v) is 13.7. The molecular formula is C31H64N4O5Si2. The quantitative estimate of drug-likeness (QED) is 0.119. The lowest BCUT2D eigenvalue weighted by Gasteiger charge is -2.36. The van der Waals surface area contributed by atoms with Gasteiger partial charge in [0, 0.05) is 89.6 Å². The number of hydrogen-bond acceptors (Lipinski definition) is 9. The van der Waals surface area contributed by atoms with Gasteiger partial charge in [-0.15, -0.1) is 0 Å². The van der Waals surface area contributed by atoms with Crippen molar-refractivity contribution in [2.75, 3.05) is 85.4 Å². The van der Waals surface area contributed by atoms with E-state index in [9.17, 15) is 0 Å². The maximum Gasteiger partial charge on any atom is 0.501 e. The standard InChI is InChI=1S/C31H64N4O5Si2/c1-9-36-42(25-11-13-33-31(7)27-29(4)5)39-22-18-35(19-23-40-42)15-14-34-16-20-37-41(8,38-21-17-34)24-10-12-32-30(6)26-28(2)3/h28-29H,9-27H2,1-8H3/b32-30+,33-31+. The molecule has 0 radical (unpaired) electrons. The van der Waals surface area contributed by atoms with Crippen molar-refractivity contribution in [2.45, 2.75) is 92.8 Å². The summed E-state index contributed by atoms with van der Waals surface area (Å²) in [5.41, 5.74) is 2.49. The van der Waals surface area contributed by atoms with E-state index in [1.54, 1.807) is 0 Å². The van der Waals surface area contributed by atoms with Crippen molar-refractivity contribution in [3.8, 4) is 0 Å². The molecule has 2 fully saturated rings. The highest BCUT2D eigenvalue weighted by atomic mass is 28.4. The van der Waals surface area contributed by atoms with Crippen LogP contribution in [-0.4, -0.2) is 124 Å². The van der Waals surface area contributed by atoms with E-state index in [1.807, 2.05) is 6.92 Å². The predicted molar refractivity (Wildman–Crippen MR) is 179 cm³/mol. The summed E-state index contributed by atoms with van der Waals surface area (Å²) in [6, 6.07) is 1.84. The molecule has 0 aromatic carbocycles. The maximum atomic E-state index is 6.38. The zero-order chi connectivity index (χ0) is 30.8. The molecule has 0 aliphatic carbocycles. The van der Waals surface area contributed by atoms with E-state index in [2.05, 4.69) is 57.9 Å². The first-order chi connectivity index (χ1) is 20.0. The second-order valence-electron chi connectivity index (χ2n) is 13.0. The minimum atomic E-state index is -2.65. The maximum absolute atomic E-state index is 6.38. The number of hydrogen-bond donors (Lipinski definition) is 0. The fourth-order valence-corrected chi connectivity index (χ4v) is 10.4. The van der Waals surface area contributed by atoms with Crippen LogP contribution in [-0.2, 0) is 22.1 Å². The summed E-state index contributed by atoms with van der Waals surface area (Å²) in [4.78, 5) is 14.4. The van der Waals surface area contributed by atoms with Crippen molar-refractivity contribution < 1.29 is 22.1 Å². The van der Waals surface area contributed by atoms with Gasteiger partial charge >= 0.3 is 17.4 Å². The topological polar surface area (TPSA) is 77.4 Å². The van der Waals surface area contributed by atoms with E-state index in [-0.39, 0.29) is 0 Å². The highest BCUT2D eigenvalue weighted by molar-refractivity contribution is 6.66. The molecule has 2 aliphatic heterocycles. The van der Waals surface area contributed by atoms with Gasteiger partial charge in [0.2, 0.25) is 0 Å². The summed E-state index contributed by atoms with van der Waals surface area (Å²) < 4.78 is 31.7. The molecule has 2 aliphatic rings. The van der Waals surface area contributed by atoms with Gasteiger partial charge in [0.1, 0.15) is 0 Å². The van der Waals surface area contributed by atoms with Crippen LogP contribution in [0.15, 0.2) is 9.98 Å². The van der Waals surface area contributed by atoms with E-state index in [0.29, 0.717) is 31.7 Å². The molecule has 2 saturated heterocycles. The number of rotatable bonds is 17. The minimum Gasteiger partial charge on any atom is -0.393 e. The summed E-state index contributed by atoms with van der Waals surface area (Å²) in [6.07, 6.45) is 4.13. The van der Waals surface area contributed by atoms with Crippen LogP contribution in [0.4, 0.5) is 0 Å². The van der Waals surface area contributed by atoms with Crippen LogP contribution >= 0.6 is 0 Å². The lowest BCUT2D eigenvalue weighted by Crippen LogP contribution is -2.52. The number of nitrogens with zero attached hydrogens (tertiary/aromatic N) is 4. The van der Waals surface area contributed by atoms with Crippen molar-refractivity contribution in [1.82, 2.24) is 9.80 Å². The fourth-order valence-electron chi connectivity index (χ4n) is 5.69. The van der Waals surface area contributed by atoms with Crippen molar-refractivity contribution in [2.24, 2.45) is 21.8 Å². The molecule has 0 unspecified atom stereocenters. The SMILES string of the molecule is CCO[Si]1(CCC/N=C(\C)CC(C)C)OCCN(CCN2CCO[Si](C)(CCC/N=C(\C)CC(C)C)OCC2)CCO1. The molecule has 0 bridgehead atoms. The average molecular weight is 629 g/mol. The van der Waals surface area contributed by atoms with Gasteiger partial charge in [-0.25, -0.2) is 0 Å². The van der Waals surface area contributed by atoms with Gasteiger partial charge in [-0.1, -0.05) is 27.7 Å². The Bertz CT molecular complexity index is 779. The zero-order valence-corrected chi connectivity index (χ0v) is 30.4. The van der Waals surface area contributed by atoms with Crippen molar-refractivity contribution in [3.05, 3.63) is 0 Å².